The third kappa shape index (κ3) is 9.49. The number of rotatable bonds is 6. The van der Waals surface area contributed by atoms with E-state index >= 15 is 0 Å². The first-order valence-electron chi connectivity index (χ1n) is 17.5. The van der Waals surface area contributed by atoms with E-state index in [9.17, 15) is 0 Å². The van der Waals surface area contributed by atoms with Crippen LogP contribution < -0.4 is 24.8 Å². The molecule has 6 aromatic carbocycles. The van der Waals surface area contributed by atoms with Crippen LogP contribution in [0.5, 0.6) is 0 Å². The van der Waals surface area contributed by atoms with E-state index in [2.05, 4.69) is 205 Å². The molecule has 0 aliphatic heterocycles. The summed E-state index contributed by atoms with van der Waals surface area (Å²) in [6.07, 6.45) is 11.0. The van der Waals surface area contributed by atoms with Crippen LogP contribution >= 0.6 is 0 Å². The molecular formula is C49H44Cl2Ti-2. The van der Waals surface area contributed by atoms with Crippen molar-refractivity contribution in [2.75, 3.05) is 0 Å². The van der Waals surface area contributed by atoms with E-state index in [0.717, 1.165) is 12.8 Å². The van der Waals surface area contributed by atoms with E-state index in [1.54, 1.807) is 0 Å². The molecule has 0 saturated carbocycles. The summed E-state index contributed by atoms with van der Waals surface area (Å²) in [6, 6.07) is 57.9. The van der Waals surface area contributed by atoms with Crippen LogP contribution in [0.3, 0.4) is 0 Å². The Morgan fingerprint density at radius 2 is 1.06 bits per heavy atom. The Kier molecular flexibility index (Phi) is 14.6. The fourth-order valence-electron chi connectivity index (χ4n) is 6.63. The fourth-order valence-corrected chi connectivity index (χ4v) is 7.15. The van der Waals surface area contributed by atoms with Crippen molar-refractivity contribution in [1.29, 1.82) is 0 Å². The molecule has 0 spiro atoms. The van der Waals surface area contributed by atoms with Gasteiger partial charge in [-0.15, -0.1) is 17.5 Å². The zero-order valence-electron chi connectivity index (χ0n) is 30.3. The summed E-state index contributed by atoms with van der Waals surface area (Å²) in [4.78, 5) is 0. The first kappa shape index (κ1) is 40.7. The summed E-state index contributed by atoms with van der Waals surface area (Å²) in [6.45, 7) is 9.23. The molecule has 0 nitrogen and oxygen atoms in total. The molecule has 0 amide bonds. The molecule has 8 rings (SSSR count). The standard InChI is InChI=1S/C31H29.C13H10.C5H5.2ClH.Ti/c1-30(2,24-11-7-5-8-12-24)26-15-17-28-22(20-26)19-23-21-27(16-18-29(23)28)31(3,4)25-13-9-6-10-14-25;1-3-7-12(8-4-1)11-13-9-5-2-6-10-13;1-2-4-5-3-1;;;/h5-18,20H,19H2,1-4H3;1-10H;1-3H,4H2;2*1H;/q-1;;-1;;;+2/p-2. The van der Waals surface area contributed by atoms with Gasteiger partial charge < -0.3 is 24.8 Å². The van der Waals surface area contributed by atoms with Gasteiger partial charge in [-0.1, -0.05) is 112 Å². The third-order valence-electron chi connectivity index (χ3n) is 9.89. The Hall–Kier alpha value is -4.04. The van der Waals surface area contributed by atoms with Gasteiger partial charge in [-0.3, -0.25) is 6.08 Å². The summed E-state index contributed by atoms with van der Waals surface area (Å²) in [7, 11) is 0. The predicted molar refractivity (Wildman–Crippen MR) is 208 cm³/mol. The van der Waals surface area contributed by atoms with Gasteiger partial charge >= 0.3 is 95.6 Å². The summed E-state index contributed by atoms with van der Waals surface area (Å²) in [5, 5.41) is 0. The SMILES string of the molecule is CC(C)(c1[c-]c2c(cc1)-c1ccc(C(C)(C)c3ccccc3)cc1C2)c1ccccc1.[C-]1=CC=CC1.[Cl-].[Cl-].[Ti+2]=[C](c1ccccc1)c1ccccc1. The van der Waals surface area contributed by atoms with Crippen molar-refractivity contribution in [3.05, 3.63) is 227 Å². The average molecular weight is 752 g/mol. The number of hydrogen-bond acceptors (Lipinski definition) is 0. The molecule has 0 atom stereocenters. The van der Waals surface area contributed by atoms with Gasteiger partial charge in [0.25, 0.3) is 0 Å². The van der Waals surface area contributed by atoms with Crippen LogP contribution in [0.25, 0.3) is 11.1 Å². The molecule has 0 saturated heterocycles. The van der Waals surface area contributed by atoms with Crippen LogP contribution in [0.2, 0.25) is 0 Å². The quantitative estimate of drug-likeness (QED) is 0.149. The van der Waals surface area contributed by atoms with E-state index < -0.39 is 0 Å². The van der Waals surface area contributed by atoms with Crippen molar-refractivity contribution in [1.82, 2.24) is 0 Å². The van der Waals surface area contributed by atoms with Gasteiger partial charge in [-0.25, -0.2) is 12.2 Å². The van der Waals surface area contributed by atoms with Crippen molar-refractivity contribution >= 4 is 3.81 Å². The zero-order valence-corrected chi connectivity index (χ0v) is 33.4. The first-order valence-corrected chi connectivity index (χ1v) is 18.2. The number of halogens is 2. The topological polar surface area (TPSA) is 0 Å². The van der Waals surface area contributed by atoms with Crippen molar-refractivity contribution in [3.63, 3.8) is 0 Å². The van der Waals surface area contributed by atoms with Crippen LogP contribution in [-0.2, 0) is 37.2 Å². The first-order chi connectivity index (χ1) is 24.2. The molecule has 6 aromatic rings. The fraction of sp³-hybridized carbons (Fsp3) is 0.163. The van der Waals surface area contributed by atoms with E-state index in [-0.39, 0.29) is 35.6 Å². The Labute approximate surface area is 335 Å². The Bertz CT molecular complexity index is 1950. The zero-order chi connectivity index (χ0) is 35.0. The Morgan fingerprint density at radius 1 is 0.558 bits per heavy atom. The number of fused-ring (bicyclic) bond motifs is 3. The van der Waals surface area contributed by atoms with Gasteiger partial charge in [0.2, 0.25) is 0 Å². The molecule has 0 bridgehead atoms. The third-order valence-corrected chi connectivity index (χ3v) is 10.8. The van der Waals surface area contributed by atoms with Gasteiger partial charge in [0, 0.05) is 5.41 Å². The molecule has 260 valence electrons. The minimum atomic E-state index is -0.0640. The number of allylic oxidation sites excluding steroid dienone is 4. The van der Waals surface area contributed by atoms with Crippen LogP contribution in [-0.4, -0.2) is 3.81 Å². The van der Waals surface area contributed by atoms with Crippen molar-refractivity contribution in [2.24, 2.45) is 0 Å². The van der Waals surface area contributed by atoms with E-state index in [0.29, 0.717) is 0 Å². The summed E-state index contributed by atoms with van der Waals surface area (Å²) in [5.41, 5.74) is 13.3. The molecule has 52 heavy (non-hydrogen) atoms. The molecule has 0 unspecified atom stereocenters. The van der Waals surface area contributed by atoms with Crippen LogP contribution in [0, 0.1) is 12.1 Å². The number of hydrogen-bond donors (Lipinski definition) is 0. The maximum atomic E-state index is 3.80. The second-order valence-electron chi connectivity index (χ2n) is 13.9. The van der Waals surface area contributed by atoms with E-state index in [4.69, 9.17) is 0 Å². The van der Waals surface area contributed by atoms with E-state index in [1.807, 2.05) is 24.3 Å². The van der Waals surface area contributed by atoms with E-state index in [1.165, 1.54) is 59.4 Å². The summed E-state index contributed by atoms with van der Waals surface area (Å²) in [5.74, 6) is 0. The molecular weight excluding hydrogens is 707 g/mol. The predicted octanol–water partition coefficient (Wildman–Crippen LogP) is 5.83. The summed E-state index contributed by atoms with van der Waals surface area (Å²) < 4.78 is 1.33. The van der Waals surface area contributed by atoms with Crippen LogP contribution in [0.1, 0.15) is 78.6 Å². The molecule has 0 N–H and O–H groups in total. The monoisotopic (exact) mass is 750 g/mol. The van der Waals surface area contributed by atoms with Crippen LogP contribution in [0.15, 0.2) is 170 Å². The number of benzene rings is 6. The minimum absolute atomic E-state index is 0. The average Bonchev–Trinajstić information content (AvgIpc) is 3.88. The molecule has 2 aliphatic carbocycles. The van der Waals surface area contributed by atoms with Gasteiger partial charge in [0.05, 0.1) is 0 Å². The van der Waals surface area contributed by atoms with Crippen molar-refractivity contribution in [2.45, 2.75) is 51.4 Å². The van der Waals surface area contributed by atoms with Crippen molar-refractivity contribution in [3.8, 4) is 11.1 Å². The van der Waals surface area contributed by atoms with Crippen molar-refractivity contribution < 1.29 is 44.8 Å². The summed E-state index contributed by atoms with van der Waals surface area (Å²) >= 11 is 2.16. The molecule has 3 heteroatoms. The van der Waals surface area contributed by atoms with Crippen LogP contribution in [0.4, 0.5) is 0 Å². The van der Waals surface area contributed by atoms with Gasteiger partial charge in [-0.05, 0) is 34.1 Å². The molecule has 0 radical (unpaired) electrons. The van der Waals surface area contributed by atoms with Gasteiger partial charge in [-0.2, -0.15) is 29.8 Å². The molecule has 0 heterocycles. The molecule has 0 aromatic heterocycles. The van der Waals surface area contributed by atoms with Gasteiger partial charge in [0.1, 0.15) is 0 Å². The molecule has 0 fully saturated rings. The Morgan fingerprint density at radius 3 is 1.54 bits per heavy atom. The Balaban J connectivity index is 0.000000238. The normalized spacial score (nSPS) is 12.1. The van der Waals surface area contributed by atoms with Gasteiger partial charge in [0.15, 0.2) is 0 Å². The molecule has 2 aliphatic rings. The maximum absolute atomic E-state index is 3.80. The second kappa shape index (κ2) is 18.6. The second-order valence-corrected chi connectivity index (χ2v) is 14.7.